The second kappa shape index (κ2) is 7.44. The highest BCUT2D eigenvalue weighted by molar-refractivity contribution is 5.83. The van der Waals surface area contributed by atoms with Crippen LogP contribution in [0.25, 0.3) is 11.2 Å². The van der Waals surface area contributed by atoms with Gasteiger partial charge in [-0.05, 0) is 12.1 Å². The minimum atomic E-state index is -1.27. The molecule has 1 aliphatic rings. The van der Waals surface area contributed by atoms with Gasteiger partial charge in [0.25, 0.3) is 0 Å². The second-order valence-electron chi connectivity index (χ2n) is 6.11. The number of nitrogen functional groups attached to an aromatic ring is 1. The van der Waals surface area contributed by atoms with Crippen molar-refractivity contribution in [2.45, 2.75) is 24.5 Å². The van der Waals surface area contributed by atoms with Crippen LogP contribution in [0.15, 0.2) is 35.8 Å². The minimum Gasteiger partial charge on any atom is -0.394 e. The van der Waals surface area contributed by atoms with Gasteiger partial charge in [-0.3, -0.25) is 9.55 Å². The highest BCUT2D eigenvalue weighted by Crippen LogP contribution is 2.32. The lowest BCUT2D eigenvalue weighted by Crippen LogP contribution is -2.33. The van der Waals surface area contributed by atoms with Gasteiger partial charge in [0.2, 0.25) is 5.95 Å². The summed E-state index contributed by atoms with van der Waals surface area (Å²) in [7, 11) is 0. The molecule has 1 fully saturated rings. The van der Waals surface area contributed by atoms with Gasteiger partial charge in [-0.15, -0.1) is 0 Å². The lowest BCUT2D eigenvalue weighted by atomic mass is 10.1. The van der Waals surface area contributed by atoms with Crippen molar-refractivity contribution in [1.82, 2.24) is 24.5 Å². The number of hydrogen-bond acceptors (Lipinski definition) is 11. The first-order valence-corrected chi connectivity index (χ1v) is 8.41. The molecule has 3 aromatic rings. The van der Waals surface area contributed by atoms with Gasteiger partial charge >= 0.3 is 0 Å². The Morgan fingerprint density at radius 1 is 1.25 bits per heavy atom. The van der Waals surface area contributed by atoms with Crippen LogP contribution in [-0.2, 0) is 4.74 Å². The fourth-order valence-corrected chi connectivity index (χ4v) is 2.89. The zero-order chi connectivity index (χ0) is 19.7. The Bertz CT molecular complexity index is 995. The Kier molecular flexibility index (Phi) is 4.83. The van der Waals surface area contributed by atoms with E-state index >= 15 is 0 Å². The number of anilines is 2. The molecule has 0 aromatic carbocycles. The Balaban J connectivity index is 1.63. The molecule has 4 atom stereocenters. The first kappa shape index (κ1) is 18.2. The average Bonchev–Trinajstić information content (AvgIpc) is 3.24. The zero-order valence-corrected chi connectivity index (χ0v) is 14.5. The molecule has 0 amide bonds. The lowest BCUT2D eigenvalue weighted by Gasteiger charge is -2.16. The predicted molar refractivity (Wildman–Crippen MR) is 98.2 cm³/mol. The van der Waals surface area contributed by atoms with Crippen LogP contribution >= 0.6 is 0 Å². The minimum absolute atomic E-state index is 0.102. The van der Waals surface area contributed by atoms with Crippen molar-refractivity contribution in [2.24, 2.45) is 5.10 Å². The van der Waals surface area contributed by atoms with Crippen LogP contribution < -0.4 is 11.2 Å². The number of aliphatic hydroxyl groups excluding tert-OH is 3. The van der Waals surface area contributed by atoms with E-state index < -0.39 is 31.1 Å². The molecule has 12 heteroatoms. The van der Waals surface area contributed by atoms with Gasteiger partial charge < -0.3 is 25.8 Å². The van der Waals surface area contributed by atoms with E-state index in [1.165, 1.54) is 17.1 Å². The number of aliphatic hydroxyl groups is 3. The monoisotopic (exact) mass is 386 g/mol. The van der Waals surface area contributed by atoms with Crippen molar-refractivity contribution >= 4 is 29.1 Å². The Morgan fingerprint density at radius 2 is 2.11 bits per heavy atom. The molecule has 0 bridgehead atoms. The van der Waals surface area contributed by atoms with Crippen LogP contribution in [0, 0.1) is 0 Å². The van der Waals surface area contributed by atoms with Gasteiger partial charge in [-0.1, -0.05) is 6.07 Å². The Hall–Kier alpha value is -3.19. The topological polar surface area (TPSA) is 177 Å². The van der Waals surface area contributed by atoms with Crippen LogP contribution in [0.4, 0.5) is 11.8 Å². The molecule has 0 spiro atoms. The summed E-state index contributed by atoms with van der Waals surface area (Å²) in [5, 5.41) is 33.5. The quantitative estimate of drug-likeness (QED) is 0.266. The number of aromatic nitrogens is 5. The Labute approximate surface area is 158 Å². The summed E-state index contributed by atoms with van der Waals surface area (Å²) in [6.45, 7) is -0.437. The van der Waals surface area contributed by atoms with Crippen molar-refractivity contribution in [2.75, 3.05) is 17.8 Å². The SMILES string of the molecule is Nc1nc(N/N=C/c2ccccn2)nc2c1ncn2C1OC(CO)C(O)C1O. The van der Waals surface area contributed by atoms with Crippen LogP contribution in [0.5, 0.6) is 0 Å². The molecular weight excluding hydrogens is 368 g/mol. The number of fused-ring (bicyclic) bond motifs is 1. The van der Waals surface area contributed by atoms with Gasteiger partial charge in [0.1, 0.15) is 23.8 Å². The molecule has 0 radical (unpaired) electrons. The summed E-state index contributed by atoms with van der Waals surface area (Å²) in [4.78, 5) is 16.7. The van der Waals surface area contributed by atoms with Crippen molar-refractivity contribution in [3.8, 4) is 0 Å². The van der Waals surface area contributed by atoms with Crippen molar-refractivity contribution in [1.29, 1.82) is 0 Å². The second-order valence-corrected chi connectivity index (χ2v) is 6.11. The summed E-state index contributed by atoms with van der Waals surface area (Å²) in [6, 6.07) is 5.40. The Morgan fingerprint density at radius 3 is 2.82 bits per heavy atom. The molecule has 6 N–H and O–H groups in total. The first-order chi connectivity index (χ1) is 13.6. The van der Waals surface area contributed by atoms with E-state index in [4.69, 9.17) is 10.5 Å². The number of pyridine rings is 1. The van der Waals surface area contributed by atoms with Gasteiger partial charge in [-0.2, -0.15) is 15.1 Å². The van der Waals surface area contributed by atoms with Crippen molar-refractivity contribution < 1.29 is 20.1 Å². The molecule has 12 nitrogen and oxygen atoms in total. The summed E-state index contributed by atoms with van der Waals surface area (Å²) in [5.74, 6) is 0.205. The third-order valence-corrected chi connectivity index (χ3v) is 4.29. The number of nitrogens with zero attached hydrogens (tertiary/aromatic N) is 6. The molecular formula is C16H18N8O4. The van der Waals surface area contributed by atoms with Crippen molar-refractivity contribution in [3.63, 3.8) is 0 Å². The summed E-state index contributed by atoms with van der Waals surface area (Å²) >= 11 is 0. The summed E-state index contributed by atoms with van der Waals surface area (Å²) < 4.78 is 6.94. The van der Waals surface area contributed by atoms with Crippen LogP contribution in [0.3, 0.4) is 0 Å². The van der Waals surface area contributed by atoms with E-state index in [9.17, 15) is 15.3 Å². The molecule has 4 heterocycles. The normalized spacial score (nSPS) is 25.0. The number of rotatable bonds is 5. The number of ether oxygens (including phenoxy) is 1. The van der Waals surface area contributed by atoms with Gasteiger partial charge in [-0.25, -0.2) is 10.4 Å². The van der Waals surface area contributed by atoms with Crippen LogP contribution in [0.1, 0.15) is 11.9 Å². The van der Waals surface area contributed by atoms with E-state index in [-0.39, 0.29) is 17.4 Å². The van der Waals surface area contributed by atoms with Crippen LogP contribution in [0.2, 0.25) is 0 Å². The fourth-order valence-electron chi connectivity index (χ4n) is 2.89. The van der Waals surface area contributed by atoms with Gasteiger partial charge in [0, 0.05) is 6.20 Å². The van der Waals surface area contributed by atoms with Gasteiger partial charge in [0.15, 0.2) is 17.7 Å². The van der Waals surface area contributed by atoms with Crippen molar-refractivity contribution in [3.05, 3.63) is 36.4 Å². The lowest BCUT2D eigenvalue weighted by molar-refractivity contribution is -0.0511. The largest absolute Gasteiger partial charge is 0.394 e. The van der Waals surface area contributed by atoms with E-state index in [1.807, 2.05) is 6.07 Å². The molecule has 146 valence electrons. The number of imidazole rings is 1. The van der Waals surface area contributed by atoms with E-state index in [1.54, 1.807) is 18.3 Å². The highest BCUT2D eigenvalue weighted by Gasteiger charge is 2.44. The molecule has 1 aliphatic heterocycles. The smallest absolute Gasteiger partial charge is 0.247 e. The van der Waals surface area contributed by atoms with E-state index in [0.717, 1.165) is 0 Å². The predicted octanol–water partition coefficient (Wildman–Crippen LogP) is -1.14. The molecule has 4 rings (SSSR count). The number of hydrogen-bond donors (Lipinski definition) is 5. The van der Waals surface area contributed by atoms with E-state index in [0.29, 0.717) is 11.2 Å². The maximum atomic E-state index is 10.2. The number of hydrazone groups is 1. The van der Waals surface area contributed by atoms with Crippen LogP contribution in [-0.4, -0.2) is 71.0 Å². The molecule has 0 aliphatic carbocycles. The highest BCUT2D eigenvalue weighted by atomic mass is 16.6. The third kappa shape index (κ3) is 3.25. The summed E-state index contributed by atoms with van der Waals surface area (Å²) in [5.41, 5.74) is 9.83. The molecule has 1 saturated heterocycles. The molecule has 28 heavy (non-hydrogen) atoms. The number of nitrogens with two attached hydrogens (primary N) is 1. The molecule has 3 aromatic heterocycles. The average molecular weight is 386 g/mol. The number of nitrogens with one attached hydrogen (secondary N) is 1. The molecule has 4 unspecified atom stereocenters. The third-order valence-electron chi connectivity index (χ3n) is 4.29. The van der Waals surface area contributed by atoms with E-state index in [2.05, 4.69) is 30.5 Å². The zero-order valence-electron chi connectivity index (χ0n) is 14.5. The molecule has 0 saturated carbocycles. The maximum Gasteiger partial charge on any atom is 0.247 e. The fraction of sp³-hybridized carbons (Fsp3) is 0.312. The summed E-state index contributed by atoms with van der Waals surface area (Å²) in [6.07, 6.45) is 0.0796. The first-order valence-electron chi connectivity index (χ1n) is 8.41. The van der Waals surface area contributed by atoms with Gasteiger partial charge in [0.05, 0.1) is 24.8 Å². The maximum absolute atomic E-state index is 10.2. The standard InChI is InChI=1S/C16H18N8O4/c17-13-10-14(22-16(21-13)23-20-5-8-3-1-2-4-18-8)24(7-19-10)15-12(27)11(26)9(6-25)28-15/h1-5,7,9,11-12,15,25-27H,6H2,(H3,17,21,22,23)/b20-5+.